The number of aromatic amines is 1. The maximum Gasteiger partial charge on any atom is 0.316 e. The van der Waals surface area contributed by atoms with E-state index >= 15 is 0 Å². The zero-order valence-electron chi connectivity index (χ0n) is 29.0. The van der Waals surface area contributed by atoms with E-state index in [1.807, 2.05) is 37.4 Å². The first kappa shape index (κ1) is 34.9. The molecule has 7 nitrogen and oxygen atoms in total. The van der Waals surface area contributed by atoms with Crippen molar-refractivity contribution in [1.29, 1.82) is 0 Å². The van der Waals surface area contributed by atoms with Crippen molar-refractivity contribution in [1.82, 2.24) is 10.3 Å². The smallest absolute Gasteiger partial charge is 0.316 e. The molecule has 0 spiro atoms. The number of aliphatic hydroxyl groups excluding tert-OH is 1. The molecule has 258 valence electrons. The molecule has 3 aliphatic carbocycles. The van der Waals surface area contributed by atoms with Crippen LogP contribution in [0.2, 0.25) is 0 Å². The van der Waals surface area contributed by atoms with Gasteiger partial charge in [-0.15, -0.1) is 18.3 Å². The van der Waals surface area contributed by atoms with Crippen molar-refractivity contribution in [2.45, 2.75) is 95.9 Å². The van der Waals surface area contributed by atoms with Gasteiger partial charge >= 0.3 is 5.97 Å². The zero-order valence-corrected chi connectivity index (χ0v) is 29.8. The fraction of sp³-hybridized carbons (Fsp3) is 0.550. The Morgan fingerprint density at radius 2 is 2.00 bits per heavy atom. The maximum atomic E-state index is 13.7. The number of H-pyrrole nitrogens is 1. The molecule has 3 unspecified atom stereocenters. The second-order valence-electron chi connectivity index (χ2n) is 15.5. The molecule has 9 atom stereocenters. The third-order valence-corrected chi connectivity index (χ3v) is 13.7. The molecule has 3 fully saturated rings. The first-order valence-corrected chi connectivity index (χ1v) is 18.7. The lowest BCUT2D eigenvalue weighted by Gasteiger charge is -2.61. The highest BCUT2D eigenvalue weighted by molar-refractivity contribution is 8.00. The summed E-state index contributed by atoms with van der Waals surface area (Å²) in [5.41, 5.74) is 8.53. The highest BCUT2D eigenvalue weighted by Crippen LogP contribution is 2.68. The Labute approximate surface area is 289 Å². The molecule has 6 rings (SSSR count). The van der Waals surface area contributed by atoms with Crippen LogP contribution in [-0.4, -0.2) is 52.4 Å². The van der Waals surface area contributed by atoms with Gasteiger partial charge in [-0.1, -0.05) is 64.1 Å². The van der Waals surface area contributed by atoms with Gasteiger partial charge < -0.3 is 25.9 Å². The number of aromatic nitrogens is 1. The molecule has 0 saturated heterocycles. The summed E-state index contributed by atoms with van der Waals surface area (Å²) in [6.45, 7) is 14.0. The molecule has 5 N–H and O–H groups in total. The topological polar surface area (TPSA) is 117 Å². The number of carbonyl (C=O) groups excluding carboxylic acids is 2. The molecule has 1 aromatic heterocycles. The number of hydrogen-bond donors (Lipinski definition) is 4. The first-order valence-electron chi connectivity index (χ1n) is 17.7. The molecule has 1 heterocycles. The van der Waals surface area contributed by atoms with Crippen LogP contribution in [0, 0.1) is 34.0 Å². The maximum absolute atomic E-state index is 13.7. The lowest BCUT2D eigenvalue weighted by molar-refractivity contribution is -0.205. The molecule has 3 aromatic rings. The predicted octanol–water partition coefficient (Wildman–Crippen LogP) is 6.83. The van der Waals surface area contributed by atoms with Crippen molar-refractivity contribution < 1.29 is 19.4 Å². The van der Waals surface area contributed by atoms with Crippen molar-refractivity contribution in [3.8, 4) is 0 Å². The number of nitrogens with two attached hydrogens (primary N) is 1. The number of ether oxygens (including phenoxy) is 1. The molecule has 3 aliphatic rings. The normalized spacial score (nSPS) is 33.9. The third kappa shape index (κ3) is 6.30. The Morgan fingerprint density at radius 3 is 2.79 bits per heavy atom. The van der Waals surface area contributed by atoms with E-state index in [1.165, 1.54) is 22.7 Å². The number of para-hydroxylation sites is 1. The quantitative estimate of drug-likeness (QED) is 0.100. The van der Waals surface area contributed by atoms with Crippen molar-refractivity contribution in [3.05, 3.63) is 78.5 Å². The Kier molecular flexibility index (Phi) is 10.0. The fourth-order valence-electron chi connectivity index (χ4n) is 9.64. The second kappa shape index (κ2) is 13.8. The average molecular weight is 672 g/mol. The average Bonchev–Trinajstić information content (AvgIpc) is 3.65. The van der Waals surface area contributed by atoms with E-state index in [2.05, 4.69) is 68.0 Å². The number of carbonyl (C=O) groups is 2. The van der Waals surface area contributed by atoms with E-state index in [0.717, 1.165) is 41.7 Å². The van der Waals surface area contributed by atoms with Crippen LogP contribution in [-0.2, 0) is 27.3 Å². The highest BCUT2D eigenvalue weighted by atomic mass is 32.2. The summed E-state index contributed by atoms with van der Waals surface area (Å²) in [6, 6.07) is 16.5. The number of rotatable bonds is 11. The number of fused-ring (bicyclic) bond motifs is 1. The van der Waals surface area contributed by atoms with E-state index in [-0.39, 0.29) is 46.7 Å². The fourth-order valence-corrected chi connectivity index (χ4v) is 10.4. The standard InChI is InChI=1S/C40H53N3O4S/c1-6-38(4)20-34(39(5)25(2)14-16-40(26(3)37(38)46)17-15-33(44)36(39)40)47-35(45)24-48-30-11-9-10-27(18-30)21-42-23-29(41)19-28-22-43-32-13-8-7-12-31(28)32/h6-13,18,22,25-26,29,34,36-37,42-43,46H,1,14-17,19-21,23-24,41H2,2-5H3/t25?,26-,29-,34+,36?,37-,38+,39-,40?/m0/s1. The lowest BCUT2D eigenvalue weighted by Crippen LogP contribution is -2.63. The summed E-state index contributed by atoms with van der Waals surface area (Å²) in [4.78, 5) is 31.6. The van der Waals surface area contributed by atoms with E-state index in [9.17, 15) is 14.7 Å². The van der Waals surface area contributed by atoms with Gasteiger partial charge in [0.15, 0.2) is 0 Å². The molecule has 8 heteroatoms. The Balaban J connectivity index is 1.09. The first-order chi connectivity index (χ1) is 22.9. The van der Waals surface area contributed by atoms with E-state index in [0.29, 0.717) is 25.9 Å². The van der Waals surface area contributed by atoms with Gasteiger partial charge in [0.2, 0.25) is 0 Å². The Bertz CT molecular complexity index is 1660. The summed E-state index contributed by atoms with van der Waals surface area (Å²) in [5, 5.41) is 16.5. The minimum absolute atomic E-state index is 0.0180. The largest absolute Gasteiger partial charge is 0.461 e. The molecule has 3 saturated carbocycles. The van der Waals surface area contributed by atoms with Crippen LogP contribution in [0.15, 0.2) is 72.3 Å². The second-order valence-corrected chi connectivity index (χ2v) is 16.5. The van der Waals surface area contributed by atoms with E-state index in [1.54, 1.807) is 0 Å². The number of aliphatic hydroxyl groups is 1. The molecular weight excluding hydrogens is 619 g/mol. The van der Waals surface area contributed by atoms with Gasteiger partial charge in [-0.3, -0.25) is 9.59 Å². The van der Waals surface area contributed by atoms with Crippen molar-refractivity contribution in [2.75, 3.05) is 12.3 Å². The van der Waals surface area contributed by atoms with Crippen LogP contribution in [0.4, 0.5) is 0 Å². The third-order valence-electron chi connectivity index (χ3n) is 12.7. The highest BCUT2D eigenvalue weighted by Gasteiger charge is 2.68. The van der Waals surface area contributed by atoms with E-state index in [4.69, 9.17) is 10.5 Å². The van der Waals surface area contributed by atoms with Gasteiger partial charge in [0, 0.05) is 64.3 Å². The van der Waals surface area contributed by atoms with Gasteiger partial charge in [0.25, 0.3) is 0 Å². The molecule has 0 radical (unpaired) electrons. The van der Waals surface area contributed by atoms with Crippen LogP contribution in [0.3, 0.4) is 0 Å². The van der Waals surface area contributed by atoms with Gasteiger partial charge in [-0.2, -0.15) is 0 Å². The predicted molar refractivity (Wildman–Crippen MR) is 193 cm³/mol. The van der Waals surface area contributed by atoms with Crippen molar-refractivity contribution in [2.24, 2.45) is 39.7 Å². The van der Waals surface area contributed by atoms with Crippen molar-refractivity contribution in [3.63, 3.8) is 0 Å². The minimum Gasteiger partial charge on any atom is -0.461 e. The Morgan fingerprint density at radius 1 is 1.21 bits per heavy atom. The minimum atomic E-state index is -0.670. The number of nitrogens with one attached hydrogen (secondary N) is 2. The van der Waals surface area contributed by atoms with Crippen LogP contribution in [0.5, 0.6) is 0 Å². The van der Waals surface area contributed by atoms with Gasteiger partial charge in [0.1, 0.15) is 11.9 Å². The number of ketones is 1. The molecule has 0 amide bonds. The molecule has 2 bridgehead atoms. The summed E-state index contributed by atoms with van der Waals surface area (Å²) in [6.07, 6.45) is 7.16. The number of Topliss-reactive ketones (excluding diaryl/α,β-unsaturated/α-hetero) is 1. The van der Waals surface area contributed by atoms with Crippen LogP contribution < -0.4 is 11.1 Å². The van der Waals surface area contributed by atoms with Gasteiger partial charge in [0.05, 0.1) is 11.9 Å². The lowest BCUT2D eigenvalue weighted by atomic mass is 9.44. The molecule has 2 aromatic carbocycles. The summed E-state index contributed by atoms with van der Waals surface area (Å²) >= 11 is 1.47. The van der Waals surface area contributed by atoms with Gasteiger partial charge in [-0.25, -0.2) is 0 Å². The molecule has 0 aliphatic heterocycles. The zero-order chi connectivity index (χ0) is 34.3. The number of benzene rings is 2. The van der Waals surface area contributed by atoms with Crippen LogP contribution in [0.1, 0.15) is 70.9 Å². The van der Waals surface area contributed by atoms with Crippen LogP contribution >= 0.6 is 11.8 Å². The monoisotopic (exact) mass is 671 g/mol. The van der Waals surface area contributed by atoms with Crippen molar-refractivity contribution >= 4 is 34.4 Å². The van der Waals surface area contributed by atoms with Gasteiger partial charge in [-0.05, 0) is 78.7 Å². The SMILES string of the molecule is C=C[C@]1(C)C[C@@H](OC(=O)CSc2cccc(CNC[C@@H](N)Cc3c[nH]c4ccccc34)c2)[C@]2(C)C(C)CCC3(CCC(=O)C32)[C@@H](C)[C@@H]1O. The Hall–Kier alpha value is -2.91. The van der Waals surface area contributed by atoms with Crippen LogP contribution in [0.25, 0.3) is 10.9 Å². The molecule has 48 heavy (non-hydrogen) atoms. The number of esters is 1. The van der Waals surface area contributed by atoms with E-state index < -0.39 is 23.0 Å². The summed E-state index contributed by atoms with van der Waals surface area (Å²) in [7, 11) is 0. The number of hydrogen-bond acceptors (Lipinski definition) is 7. The number of thioether (sulfide) groups is 1. The summed E-state index contributed by atoms with van der Waals surface area (Å²) in [5.74, 6) is 0.0810. The summed E-state index contributed by atoms with van der Waals surface area (Å²) < 4.78 is 6.43. The molecular formula is C40H53N3O4S.